The summed E-state index contributed by atoms with van der Waals surface area (Å²) in [4.78, 5) is 17.2. The number of carbonyl (C=O) groups excluding carboxylic acids is 1. The van der Waals surface area contributed by atoms with Gasteiger partial charge in [-0.2, -0.15) is 5.10 Å². The van der Waals surface area contributed by atoms with Gasteiger partial charge in [-0.15, -0.1) is 0 Å². The third-order valence-corrected chi connectivity index (χ3v) is 5.13. The van der Waals surface area contributed by atoms with Crippen LogP contribution in [0.5, 0.6) is 0 Å². The number of hydrogen-bond acceptors (Lipinski definition) is 4. The van der Waals surface area contributed by atoms with Crippen LogP contribution in [0.4, 0.5) is 0 Å². The molecule has 1 aliphatic carbocycles. The van der Waals surface area contributed by atoms with Crippen LogP contribution in [0.2, 0.25) is 0 Å². The summed E-state index contributed by atoms with van der Waals surface area (Å²) in [5.41, 5.74) is 3.06. The normalized spacial score (nSPS) is 19.7. The Morgan fingerprint density at radius 2 is 2.00 bits per heavy atom. The first kappa shape index (κ1) is 21.3. The summed E-state index contributed by atoms with van der Waals surface area (Å²) in [7, 11) is 0. The highest BCUT2D eigenvalue weighted by Gasteiger charge is 2.24. The predicted octanol–water partition coefficient (Wildman–Crippen LogP) is 2.77. The van der Waals surface area contributed by atoms with E-state index in [0.29, 0.717) is 17.3 Å². The van der Waals surface area contributed by atoms with Crippen LogP contribution in [0, 0.1) is 13.8 Å². The quantitative estimate of drug-likeness (QED) is 0.751. The van der Waals surface area contributed by atoms with E-state index in [1.807, 2.05) is 19.9 Å². The van der Waals surface area contributed by atoms with Gasteiger partial charge in [0.05, 0.1) is 12.3 Å². The Balaban J connectivity index is 0.00000261. The van der Waals surface area contributed by atoms with Crippen LogP contribution < -0.4 is 5.32 Å². The number of amides is 1. The third-order valence-electron chi connectivity index (χ3n) is 5.13. The fourth-order valence-electron chi connectivity index (χ4n) is 3.67. The number of aromatic nitrogens is 3. The highest BCUT2D eigenvalue weighted by molar-refractivity contribution is 5.99. The molecule has 0 aromatic carbocycles. The van der Waals surface area contributed by atoms with Crippen molar-refractivity contribution < 1.29 is 15.0 Å². The molecule has 3 N–H and O–H groups in total. The maximum absolute atomic E-state index is 12.7. The maximum Gasteiger partial charge on any atom is 0.256 e. The third kappa shape index (κ3) is 5.26. The van der Waals surface area contributed by atoms with Crippen molar-refractivity contribution >= 4 is 11.6 Å². The molecule has 27 heavy (non-hydrogen) atoms. The van der Waals surface area contributed by atoms with Gasteiger partial charge in [0.15, 0.2) is 5.65 Å². The fraction of sp³-hybridized carbons (Fsp3) is 0.650. The van der Waals surface area contributed by atoms with E-state index in [2.05, 4.69) is 22.3 Å². The molecule has 1 aliphatic rings. The molecule has 0 atom stereocenters. The van der Waals surface area contributed by atoms with E-state index < -0.39 is 0 Å². The summed E-state index contributed by atoms with van der Waals surface area (Å²) in [6, 6.07) is 2.17. The van der Waals surface area contributed by atoms with Gasteiger partial charge in [0.25, 0.3) is 5.91 Å². The highest BCUT2D eigenvalue weighted by Crippen LogP contribution is 2.22. The van der Waals surface area contributed by atoms with Crippen molar-refractivity contribution in [1.29, 1.82) is 0 Å². The van der Waals surface area contributed by atoms with Crippen molar-refractivity contribution in [2.45, 2.75) is 77.9 Å². The van der Waals surface area contributed by atoms with Crippen LogP contribution in [-0.2, 0) is 4.74 Å². The molecule has 150 valence electrons. The first-order valence-corrected chi connectivity index (χ1v) is 9.83. The lowest BCUT2D eigenvalue weighted by atomic mass is 9.92. The molecule has 0 unspecified atom stereocenters. The molecule has 1 amide bonds. The minimum atomic E-state index is -0.0789. The van der Waals surface area contributed by atoms with Crippen molar-refractivity contribution in [3.63, 3.8) is 0 Å². The Morgan fingerprint density at radius 1 is 1.26 bits per heavy atom. The molecule has 3 rings (SSSR count). The smallest absolute Gasteiger partial charge is 0.256 e. The maximum atomic E-state index is 12.7. The van der Waals surface area contributed by atoms with Gasteiger partial charge in [-0.05, 0) is 52.0 Å². The molecule has 1 fully saturated rings. The Kier molecular flexibility index (Phi) is 7.74. The predicted molar refractivity (Wildman–Crippen MR) is 105 cm³/mol. The first-order valence-electron chi connectivity index (χ1n) is 9.83. The topological polar surface area (TPSA) is 100 Å². The number of nitrogens with zero attached hydrogens (tertiary/aromatic N) is 3. The highest BCUT2D eigenvalue weighted by atomic mass is 16.5. The van der Waals surface area contributed by atoms with Crippen LogP contribution in [0.15, 0.2) is 12.3 Å². The number of fused-ring (bicyclic) bond motifs is 1. The minimum absolute atomic E-state index is 0. The van der Waals surface area contributed by atoms with E-state index >= 15 is 0 Å². The van der Waals surface area contributed by atoms with Crippen molar-refractivity contribution in [2.24, 2.45) is 0 Å². The van der Waals surface area contributed by atoms with Gasteiger partial charge in [-0.25, -0.2) is 9.50 Å². The van der Waals surface area contributed by atoms with E-state index in [4.69, 9.17) is 4.74 Å². The second-order valence-corrected chi connectivity index (χ2v) is 7.36. The number of ether oxygens (including phenoxy) is 1. The Bertz CT molecular complexity index is 751. The Morgan fingerprint density at radius 3 is 2.70 bits per heavy atom. The van der Waals surface area contributed by atoms with Crippen LogP contribution in [0.1, 0.15) is 73.6 Å². The zero-order chi connectivity index (χ0) is 18.5. The van der Waals surface area contributed by atoms with Crippen molar-refractivity contribution in [2.75, 3.05) is 6.61 Å². The molecule has 2 aromatic rings. The molecule has 0 bridgehead atoms. The molecule has 2 aromatic heterocycles. The van der Waals surface area contributed by atoms with Crippen molar-refractivity contribution in [3.8, 4) is 0 Å². The standard InChI is InChI=1S/C20H30N4O2.H2O/c1-4-5-6-11-26-17-9-7-16(8-10-17)23-20(25)18-13-21-24-15(3)12-14(2)22-19(18)24;/h12-13,16-17H,4-11H2,1-3H3,(H,23,25);1H2. The summed E-state index contributed by atoms with van der Waals surface area (Å²) in [5, 5.41) is 7.47. The molecular weight excluding hydrogens is 344 g/mol. The largest absolute Gasteiger partial charge is 0.412 e. The van der Waals surface area contributed by atoms with Gasteiger partial charge in [0, 0.05) is 24.0 Å². The summed E-state index contributed by atoms with van der Waals surface area (Å²) in [6.45, 7) is 6.97. The number of hydrogen-bond donors (Lipinski definition) is 1. The van der Waals surface area contributed by atoms with Crippen molar-refractivity contribution in [3.05, 3.63) is 29.2 Å². The monoisotopic (exact) mass is 376 g/mol. The van der Waals surface area contributed by atoms with E-state index in [9.17, 15) is 4.79 Å². The number of rotatable bonds is 7. The lowest BCUT2D eigenvalue weighted by molar-refractivity contribution is 0.0205. The molecule has 0 radical (unpaired) electrons. The molecular formula is C20H32N4O3. The number of carbonyl (C=O) groups is 1. The summed E-state index contributed by atoms with van der Waals surface area (Å²) < 4.78 is 7.68. The second-order valence-electron chi connectivity index (χ2n) is 7.36. The first-order chi connectivity index (χ1) is 12.6. The molecule has 0 saturated heterocycles. The van der Waals surface area contributed by atoms with Crippen LogP contribution >= 0.6 is 0 Å². The van der Waals surface area contributed by atoms with Crippen molar-refractivity contribution in [1.82, 2.24) is 19.9 Å². The number of unbranched alkanes of at least 4 members (excludes halogenated alkanes) is 2. The summed E-state index contributed by atoms with van der Waals surface area (Å²) in [5.74, 6) is -0.0789. The van der Waals surface area contributed by atoms with E-state index in [-0.39, 0.29) is 17.4 Å². The van der Waals surface area contributed by atoms with Crippen LogP contribution in [-0.4, -0.2) is 44.7 Å². The second kappa shape index (κ2) is 9.80. The minimum Gasteiger partial charge on any atom is -0.412 e. The lowest BCUT2D eigenvalue weighted by Crippen LogP contribution is -2.39. The van der Waals surface area contributed by atoms with Gasteiger partial charge in [0.2, 0.25) is 0 Å². The SMILES string of the molecule is CCCCCOC1CCC(NC(=O)c2cnn3c(C)cc(C)nc23)CC1.O. The Labute approximate surface area is 160 Å². The van der Waals surface area contributed by atoms with Crippen LogP contribution in [0.25, 0.3) is 5.65 Å². The average Bonchev–Trinajstić information content (AvgIpc) is 3.04. The number of nitrogens with one attached hydrogen (secondary N) is 1. The zero-order valence-corrected chi connectivity index (χ0v) is 16.6. The molecule has 7 heteroatoms. The number of aryl methyl sites for hydroxylation is 2. The summed E-state index contributed by atoms with van der Waals surface area (Å²) >= 11 is 0. The van der Waals surface area contributed by atoms with Crippen LogP contribution in [0.3, 0.4) is 0 Å². The van der Waals surface area contributed by atoms with Gasteiger partial charge >= 0.3 is 0 Å². The summed E-state index contributed by atoms with van der Waals surface area (Å²) in [6.07, 6.45) is 9.54. The van der Waals surface area contributed by atoms with Gasteiger partial charge in [-0.1, -0.05) is 19.8 Å². The van der Waals surface area contributed by atoms with Gasteiger partial charge < -0.3 is 15.5 Å². The van der Waals surface area contributed by atoms with E-state index in [0.717, 1.165) is 50.1 Å². The molecule has 0 spiro atoms. The van der Waals surface area contributed by atoms with E-state index in [1.165, 1.54) is 12.8 Å². The molecule has 7 nitrogen and oxygen atoms in total. The lowest BCUT2D eigenvalue weighted by Gasteiger charge is -2.29. The van der Waals surface area contributed by atoms with Gasteiger partial charge in [-0.3, -0.25) is 4.79 Å². The fourth-order valence-corrected chi connectivity index (χ4v) is 3.67. The van der Waals surface area contributed by atoms with E-state index in [1.54, 1.807) is 10.7 Å². The molecule has 0 aliphatic heterocycles. The Hall–Kier alpha value is -1.99. The molecule has 2 heterocycles. The van der Waals surface area contributed by atoms with Gasteiger partial charge in [0.1, 0.15) is 5.56 Å². The zero-order valence-electron chi connectivity index (χ0n) is 16.6. The molecule has 1 saturated carbocycles. The average molecular weight is 377 g/mol.